The van der Waals surface area contributed by atoms with Gasteiger partial charge in [0.25, 0.3) is 0 Å². The standard InChI is InChI=1S/C18H29N3/c1-3-8-20-9-11-21(12-10-20)18-7-4-15(2)13-16(18)14-19-17-5-6-17/h4,7,13,17,19H,3,5-6,8-12,14H2,1-2H3. The van der Waals surface area contributed by atoms with Gasteiger partial charge in [0.05, 0.1) is 0 Å². The third-order valence-corrected chi connectivity index (χ3v) is 4.65. The first kappa shape index (κ1) is 14.9. The van der Waals surface area contributed by atoms with E-state index in [0.717, 1.165) is 12.6 Å². The van der Waals surface area contributed by atoms with Gasteiger partial charge in [-0.25, -0.2) is 0 Å². The molecular weight excluding hydrogens is 258 g/mol. The largest absolute Gasteiger partial charge is 0.369 e. The van der Waals surface area contributed by atoms with Gasteiger partial charge in [-0.15, -0.1) is 0 Å². The van der Waals surface area contributed by atoms with Crippen molar-refractivity contribution in [3.05, 3.63) is 29.3 Å². The molecule has 1 N–H and O–H groups in total. The third kappa shape index (κ3) is 3.98. The second kappa shape index (κ2) is 6.80. The molecule has 1 aliphatic carbocycles. The molecule has 1 saturated heterocycles. The van der Waals surface area contributed by atoms with Crippen LogP contribution in [0.5, 0.6) is 0 Å². The second-order valence-electron chi connectivity index (χ2n) is 6.62. The Bertz CT molecular complexity index is 460. The van der Waals surface area contributed by atoms with E-state index in [9.17, 15) is 0 Å². The minimum atomic E-state index is 0.778. The van der Waals surface area contributed by atoms with Gasteiger partial charge in [-0.3, -0.25) is 4.90 Å². The number of hydrogen-bond acceptors (Lipinski definition) is 3. The van der Waals surface area contributed by atoms with Crippen molar-refractivity contribution in [3.8, 4) is 0 Å². The summed E-state index contributed by atoms with van der Waals surface area (Å²) < 4.78 is 0. The number of anilines is 1. The van der Waals surface area contributed by atoms with Crippen molar-refractivity contribution in [2.75, 3.05) is 37.6 Å². The lowest BCUT2D eigenvalue weighted by molar-refractivity contribution is 0.258. The van der Waals surface area contributed by atoms with Crippen LogP contribution in [0.25, 0.3) is 0 Å². The first-order chi connectivity index (χ1) is 10.3. The lowest BCUT2D eigenvalue weighted by atomic mass is 10.1. The number of rotatable bonds is 6. The van der Waals surface area contributed by atoms with Crippen LogP contribution in [0.1, 0.15) is 37.3 Å². The van der Waals surface area contributed by atoms with Crippen LogP contribution in [0.4, 0.5) is 5.69 Å². The fourth-order valence-electron chi connectivity index (χ4n) is 3.23. The highest BCUT2D eigenvalue weighted by atomic mass is 15.3. The van der Waals surface area contributed by atoms with Crippen LogP contribution in [-0.2, 0) is 6.54 Å². The number of piperazine rings is 1. The maximum atomic E-state index is 3.67. The van der Waals surface area contributed by atoms with Crippen LogP contribution in [0, 0.1) is 6.92 Å². The molecule has 0 unspecified atom stereocenters. The van der Waals surface area contributed by atoms with E-state index in [1.165, 1.54) is 68.8 Å². The van der Waals surface area contributed by atoms with E-state index >= 15 is 0 Å². The summed E-state index contributed by atoms with van der Waals surface area (Å²) >= 11 is 0. The zero-order chi connectivity index (χ0) is 14.7. The smallest absolute Gasteiger partial charge is 0.0412 e. The van der Waals surface area contributed by atoms with Crippen LogP contribution >= 0.6 is 0 Å². The average molecular weight is 287 g/mol. The summed E-state index contributed by atoms with van der Waals surface area (Å²) in [7, 11) is 0. The molecule has 2 aliphatic rings. The molecule has 3 heteroatoms. The SMILES string of the molecule is CCCN1CCN(c2ccc(C)cc2CNC2CC2)CC1. The highest BCUT2D eigenvalue weighted by Crippen LogP contribution is 2.25. The van der Waals surface area contributed by atoms with Gasteiger partial charge in [0.15, 0.2) is 0 Å². The summed E-state index contributed by atoms with van der Waals surface area (Å²) in [5, 5.41) is 3.67. The van der Waals surface area contributed by atoms with E-state index in [0.29, 0.717) is 0 Å². The molecule has 21 heavy (non-hydrogen) atoms. The molecule has 1 aromatic carbocycles. The van der Waals surface area contributed by atoms with Crippen molar-refractivity contribution in [1.82, 2.24) is 10.2 Å². The Morgan fingerprint density at radius 2 is 1.90 bits per heavy atom. The number of aryl methyl sites for hydroxylation is 1. The maximum absolute atomic E-state index is 3.67. The van der Waals surface area contributed by atoms with E-state index in [4.69, 9.17) is 0 Å². The number of nitrogens with zero attached hydrogens (tertiary/aromatic N) is 2. The monoisotopic (exact) mass is 287 g/mol. The average Bonchev–Trinajstić information content (AvgIpc) is 3.31. The van der Waals surface area contributed by atoms with Crippen LogP contribution in [0.15, 0.2) is 18.2 Å². The maximum Gasteiger partial charge on any atom is 0.0412 e. The molecule has 116 valence electrons. The molecule has 3 nitrogen and oxygen atoms in total. The van der Waals surface area contributed by atoms with Crippen LogP contribution < -0.4 is 10.2 Å². The Hall–Kier alpha value is -1.06. The normalized spacial score (nSPS) is 20.0. The zero-order valence-electron chi connectivity index (χ0n) is 13.6. The Morgan fingerprint density at radius 3 is 2.57 bits per heavy atom. The van der Waals surface area contributed by atoms with Crippen molar-refractivity contribution in [2.45, 2.75) is 45.7 Å². The molecule has 3 rings (SSSR count). The van der Waals surface area contributed by atoms with Gasteiger partial charge < -0.3 is 10.2 Å². The first-order valence-electron chi connectivity index (χ1n) is 8.56. The molecule has 0 atom stereocenters. The van der Waals surface area contributed by atoms with Crippen LogP contribution in [-0.4, -0.2) is 43.7 Å². The quantitative estimate of drug-likeness (QED) is 0.868. The highest BCUT2D eigenvalue weighted by molar-refractivity contribution is 5.55. The fourth-order valence-corrected chi connectivity index (χ4v) is 3.23. The lowest BCUT2D eigenvalue weighted by Gasteiger charge is -2.37. The Morgan fingerprint density at radius 1 is 1.14 bits per heavy atom. The molecular formula is C18H29N3. The van der Waals surface area contributed by atoms with Gasteiger partial charge in [0.2, 0.25) is 0 Å². The second-order valence-corrected chi connectivity index (χ2v) is 6.62. The summed E-state index contributed by atoms with van der Waals surface area (Å²) in [5.74, 6) is 0. The molecule has 0 bridgehead atoms. The van der Waals surface area contributed by atoms with Crippen molar-refractivity contribution in [3.63, 3.8) is 0 Å². The lowest BCUT2D eigenvalue weighted by Crippen LogP contribution is -2.46. The summed E-state index contributed by atoms with van der Waals surface area (Å²) in [4.78, 5) is 5.17. The molecule has 0 amide bonds. The van der Waals surface area contributed by atoms with E-state index in [1.807, 2.05) is 0 Å². The van der Waals surface area contributed by atoms with Gasteiger partial charge in [0.1, 0.15) is 0 Å². The minimum absolute atomic E-state index is 0.778. The van der Waals surface area contributed by atoms with Gasteiger partial charge in [-0.2, -0.15) is 0 Å². The number of hydrogen-bond donors (Lipinski definition) is 1. The predicted octanol–water partition coefficient (Wildman–Crippen LogP) is 2.78. The molecule has 0 spiro atoms. The van der Waals surface area contributed by atoms with E-state index in [1.54, 1.807) is 0 Å². The molecule has 0 aromatic heterocycles. The molecule has 1 heterocycles. The highest BCUT2D eigenvalue weighted by Gasteiger charge is 2.22. The summed E-state index contributed by atoms with van der Waals surface area (Å²) in [6.07, 6.45) is 3.98. The Labute approximate surface area is 129 Å². The van der Waals surface area contributed by atoms with Gasteiger partial charge in [-0.05, 0) is 44.4 Å². The summed E-state index contributed by atoms with van der Waals surface area (Å²) in [6.45, 7) is 11.5. The van der Waals surface area contributed by atoms with Crippen LogP contribution in [0.2, 0.25) is 0 Å². The van der Waals surface area contributed by atoms with Crippen molar-refractivity contribution < 1.29 is 0 Å². The Balaban J connectivity index is 1.66. The predicted molar refractivity (Wildman–Crippen MR) is 90.0 cm³/mol. The van der Waals surface area contributed by atoms with E-state index in [2.05, 4.69) is 47.2 Å². The van der Waals surface area contributed by atoms with E-state index < -0.39 is 0 Å². The Kier molecular flexibility index (Phi) is 4.81. The van der Waals surface area contributed by atoms with Crippen molar-refractivity contribution in [1.29, 1.82) is 0 Å². The molecule has 1 saturated carbocycles. The molecule has 1 aromatic rings. The van der Waals surface area contributed by atoms with Crippen molar-refractivity contribution in [2.24, 2.45) is 0 Å². The van der Waals surface area contributed by atoms with Gasteiger partial charge >= 0.3 is 0 Å². The first-order valence-corrected chi connectivity index (χ1v) is 8.56. The molecule has 2 fully saturated rings. The minimum Gasteiger partial charge on any atom is -0.369 e. The number of nitrogens with one attached hydrogen (secondary N) is 1. The zero-order valence-corrected chi connectivity index (χ0v) is 13.6. The molecule has 0 radical (unpaired) electrons. The third-order valence-electron chi connectivity index (χ3n) is 4.65. The van der Waals surface area contributed by atoms with Crippen LogP contribution in [0.3, 0.4) is 0 Å². The van der Waals surface area contributed by atoms with Crippen molar-refractivity contribution >= 4 is 5.69 Å². The summed E-state index contributed by atoms with van der Waals surface area (Å²) in [5.41, 5.74) is 4.30. The van der Waals surface area contributed by atoms with Gasteiger partial charge in [-0.1, -0.05) is 24.6 Å². The molecule has 1 aliphatic heterocycles. The summed E-state index contributed by atoms with van der Waals surface area (Å²) in [6, 6.07) is 7.73. The number of benzene rings is 1. The van der Waals surface area contributed by atoms with E-state index in [-0.39, 0.29) is 0 Å². The van der Waals surface area contributed by atoms with Gasteiger partial charge in [0, 0.05) is 44.5 Å². The topological polar surface area (TPSA) is 18.5 Å². The fraction of sp³-hybridized carbons (Fsp3) is 0.667.